The fourth-order valence-electron chi connectivity index (χ4n) is 1.16. The molecule has 16 heavy (non-hydrogen) atoms. The van der Waals surface area contributed by atoms with Gasteiger partial charge in [-0.2, -0.15) is 4.98 Å². The predicted molar refractivity (Wildman–Crippen MR) is 64.7 cm³/mol. The highest BCUT2D eigenvalue weighted by Gasteiger charge is 2.07. The average Bonchev–Trinajstić information content (AvgIpc) is 2.76. The molecule has 4 nitrogen and oxygen atoms in total. The second-order valence-corrected chi connectivity index (χ2v) is 3.26. The first-order chi connectivity index (χ1) is 7.81. The normalized spacial score (nSPS) is 12.2. The van der Waals surface area contributed by atoms with Crippen LogP contribution in [0.3, 0.4) is 0 Å². The Morgan fingerprint density at radius 1 is 1.56 bits per heavy atom. The van der Waals surface area contributed by atoms with E-state index in [4.69, 9.17) is 10.3 Å². The Labute approximate surface area is 95.5 Å². The summed E-state index contributed by atoms with van der Waals surface area (Å²) in [7, 11) is 0. The van der Waals surface area contributed by atoms with Crippen LogP contribution < -0.4 is 5.73 Å². The van der Waals surface area contributed by atoms with E-state index in [-0.39, 0.29) is 0 Å². The van der Waals surface area contributed by atoms with E-state index < -0.39 is 0 Å². The predicted octanol–water partition coefficient (Wildman–Crippen LogP) is 2.11. The summed E-state index contributed by atoms with van der Waals surface area (Å²) in [5.74, 6) is 1.19. The molecule has 0 aliphatic rings. The lowest BCUT2D eigenvalue weighted by Gasteiger charge is -1.91. The van der Waals surface area contributed by atoms with Crippen LogP contribution in [0.2, 0.25) is 0 Å². The van der Waals surface area contributed by atoms with Gasteiger partial charge >= 0.3 is 0 Å². The van der Waals surface area contributed by atoms with Gasteiger partial charge < -0.3 is 10.3 Å². The molecular weight excluding hydrogens is 202 g/mol. The summed E-state index contributed by atoms with van der Waals surface area (Å²) < 4.78 is 5.10. The molecule has 1 rings (SSSR count). The first-order valence-electron chi connectivity index (χ1n) is 5.30. The lowest BCUT2D eigenvalue weighted by Crippen LogP contribution is -2.00. The van der Waals surface area contributed by atoms with Crippen molar-refractivity contribution in [2.24, 2.45) is 5.73 Å². The number of aryl methyl sites for hydroxylation is 1. The van der Waals surface area contributed by atoms with E-state index in [1.807, 2.05) is 25.2 Å². The zero-order valence-electron chi connectivity index (χ0n) is 9.52. The van der Waals surface area contributed by atoms with Gasteiger partial charge in [0.1, 0.15) is 0 Å². The number of hydrogen-bond donors (Lipinski definition) is 1. The van der Waals surface area contributed by atoms with Gasteiger partial charge in [0.15, 0.2) is 0 Å². The Balaban J connectivity index is 2.78. The van der Waals surface area contributed by atoms with Gasteiger partial charge in [-0.25, -0.2) is 0 Å². The van der Waals surface area contributed by atoms with Crippen LogP contribution in [0.4, 0.5) is 0 Å². The van der Waals surface area contributed by atoms with E-state index in [0.29, 0.717) is 18.3 Å². The summed E-state index contributed by atoms with van der Waals surface area (Å²) in [6.45, 7) is 6.29. The number of aromatic nitrogens is 2. The summed E-state index contributed by atoms with van der Waals surface area (Å²) in [6.07, 6.45) is 9.01. The van der Waals surface area contributed by atoms with Gasteiger partial charge in [0.05, 0.1) is 0 Å². The zero-order valence-corrected chi connectivity index (χ0v) is 9.52. The first-order valence-corrected chi connectivity index (χ1v) is 5.30. The summed E-state index contributed by atoms with van der Waals surface area (Å²) in [5.41, 5.74) is 6.26. The Hall–Kier alpha value is -1.68. The molecule has 0 fully saturated rings. The minimum Gasteiger partial charge on any atom is -0.339 e. The van der Waals surface area contributed by atoms with E-state index in [1.54, 1.807) is 6.08 Å². The molecule has 0 amide bonds. The van der Waals surface area contributed by atoms with Gasteiger partial charge in [-0.1, -0.05) is 36.0 Å². The monoisotopic (exact) mass is 219 g/mol. The Morgan fingerprint density at radius 3 is 3.00 bits per heavy atom. The van der Waals surface area contributed by atoms with Crippen molar-refractivity contribution >= 4 is 5.57 Å². The molecule has 0 unspecified atom stereocenters. The number of nitrogens with zero attached hydrogens (tertiary/aromatic N) is 2. The average molecular weight is 219 g/mol. The van der Waals surface area contributed by atoms with Crippen LogP contribution in [0.25, 0.3) is 5.57 Å². The minimum absolute atomic E-state index is 0.570. The largest absolute Gasteiger partial charge is 0.339 e. The molecule has 0 aromatic carbocycles. The second kappa shape index (κ2) is 6.74. The zero-order chi connectivity index (χ0) is 11.8. The van der Waals surface area contributed by atoms with E-state index in [0.717, 1.165) is 18.4 Å². The van der Waals surface area contributed by atoms with Crippen molar-refractivity contribution in [1.29, 1.82) is 0 Å². The van der Waals surface area contributed by atoms with E-state index >= 15 is 0 Å². The lowest BCUT2D eigenvalue weighted by molar-refractivity contribution is 0.374. The summed E-state index contributed by atoms with van der Waals surface area (Å²) >= 11 is 0. The molecule has 4 heteroatoms. The van der Waals surface area contributed by atoms with Crippen molar-refractivity contribution in [3.05, 3.63) is 42.6 Å². The molecule has 0 saturated carbocycles. The van der Waals surface area contributed by atoms with Gasteiger partial charge in [-0.05, 0) is 19.9 Å². The standard InChI is InChI=1S/C12H17N3O/c1-3-5-7-10(4-2)12-14-11(16-15-12)8-6-9-13/h3-5,7H,2,6,8-9,13H2,1H3/b5-3-,10-7+. The molecule has 0 bridgehead atoms. The molecule has 0 radical (unpaired) electrons. The Bertz CT molecular complexity index is 391. The van der Waals surface area contributed by atoms with Crippen molar-refractivity contribution < 1.29 is 4.52 Å². The first kappa shape index (κ1) is 12.4. The van der Waals surface area contributed by atoms with E-state index in [2.05, 4.69) is 16.7 Å². The van der Waals surface area contributed by atoms with E-state index in [9.17, 15) is 0 Å². The van der Waals surface area contributed by atoms with Crippen LogP contribution in [0.1, 0.15) is 25.1 Å². The fraction of sp³-hybridized carbons (Fsp3) is 0.333. The second-order valence-electron chi connectivity index (χ2n) is 3.26. The Morgan fingerprint density at radius 2 is 2.38 bits per heavy atom. The molecule has 0 spiro atoms. The van der Waals surface area contributed by atoms with E-state index in [1.165, 1.54) is 0 Å². The maximum absolute atomic E-state index is 5.41. The SMILES string of the molecule is C=C/C(=C\C=C/C)c1noc(CCCN)n1. The van der Waals surface area contributed by atoms with Gasteiger partial charge in [0.2, 0.25) is 11.7 Å². The van der Waals surface area contributed by atoms with Crippen LogP contribution >= 0.6 is 0 Å². The molecule has 2 N–H and O–H groups in total. The molecule has 0 aliphatic carbocycles. The highest BCUT2D eigenvalue weighted by atomic mass is 16.5. The molecule has 1 aromatic rings. The van der Waals surface area contributed by atoms with Crippen LogP contribution in [-0.2, 0) is 6.42 Å². The molecule has 0 atom stereocenters. The molecular formula is C12H17N3O. The number of allylic oxidation sites excluding steroid dienone is 5. The highest BCUT2D eigenvalue weighted by Crippen LogP contribution is 2.12. The van der Waals surface area contributed by atoms with Crippen LogP contribution in [0.5, 0.6) is 0 Å². The van der Waals surface area contributed by atoms with Crippen LogP contribution in [-0.4, -0.2) is 16.7 Å². The van der Waals surface area contributed by atoms with Crippen molar-refractivity contribution in [2.45, 2.75) is 19.8 Å². The lowest BCUT2D eigenvalue weighted by atomic mass is 10.2. The van der Waals surface area contributed by atoms with Gasteiger partial charge in [0.25, 0.3) is 0 Å². The smallest absolute Gasteiger partial charge is 0.227 e. The number of rotatable bonds is 6. The van der Waals surface area contributed by atoms with Crippen molar-refractivity contribution in [2.75, 3.05) is 6.54 Å². The quantitative estimate of drug-likeness (QED) is 0.744. The number of nitrogens with two attached hydrogens (primary N) is 1. The van der Waals surface area contributed by atoms with Crippen molar-refractivity contribution in [3.8, 4) is 0 Å². The molecule has 0 saturated heterocycles. The maximum atomic E-state index is 5.41. The van der Waals surface area contributed by atoms with Crippen molar-refractivity contribution in [1.82, 2.24) is 10.1 Å². The maximum Gasteiger partial charge on any atom is 0.227 e. The summed E-state index contributed by atoms with van der Waals surface area (Å²) in [6, 6.07) is 0. The molecule has 1 aromatic heterocycles. The summed E-state index contributed by atoms with van der Waals surface area (Å²) in [5, 5.41) is 3.89. The van der Waals surface area contributed by atoms with Gasteiger partial charge in [-0.3, -0.25) is 0 Å². The fourth-order valence-corrected chi connectivity index (χ4v) is 1.16. The molecule has 1 heterocycles. The third-order valence-electron chi connectivity index (χ3n) is 2.01. The van der Waals surface area contributed by atoms with Gasteiger partial charge in [-0.15, -0.1) is 0 Å². The highest BCUT2D eigenvalue weighted by molar-refractivity contribution is 5.69. The number of hydrogen-bond acceptors (Lipinski definition) is 4. The third kappa shape index (κ3) is 3.47. The van der Waals surface area contributed by atoms with Crippen LogP contribution in [0.15, 0.2) is 35.4 Å². The van der Waals surface area contributed by atoms with Gasteiger partial charge in [0, 0.05) is 12.0 Å². The molecule has 0 aliphatic heterocycles. The summed E-state index contributed by atoms with van der Waals surface area (Å²) in [4.78, 5) is 4.27. The third-order valence-corrected chi connectivity index (χ3v) is 2.01. The Kier molecular flexibility index (Phi) is 5.22. The van der Waals surface area contributed by atoms with Crippen LogP contribution in [0, 0.1) is 0 Å². The van der Waals surface area contributed by atoms with Crippen molar-refractivity contribution in [3.63, 3.8) is 0 Å². The topological polar surface area (TPSA) is 64.9 Å². The minimum atomic E-state index is 0.570. The molecule has 86 valence electrons.